The van der Waals surface area contributed by atoms with Gasteiger partial charge in [0.25, 0.3) is 0 Å². The second kappa shape index (κ2) is 8.92. The van der Waals surface area contributed by atoms with Gasteiger partial charge in [-0.1, -0.05) is 27.7 Å². The highest BCUT2D eigenvalue weighted by Gasteiger charge is 2.49. The molecule has 0 radical (unpaired) electrons. The molecule has 0 aliphatic heterocycles. The lowest BCUT2D eigenvalue weighted by Gasteiger charge is -2.34. The number of methoxy groups -OCH3 is 1. The summed E-state index contributed by atoms with van der Waals surface area (Å²) in [7, 11) is 1.30. The Labute approximate surface area is 193 Å². The van der Waals surface area contributed by atoms with Crippen molar-refractivity contribution in [2.75, 3.05) is 7.11 Å². The third kappa shape index (κ3) is 3.98. The van der Waals surface area contributed by atoms with Gasteiger partial charge in [0.2, 0.25) is 0 Å². The Bertz CT molecular complexity index is 1100. The average Bonchev–Trinajstić information content (AvgIpc) is 2.75. The molecule has 180 valence electrons. The molecule has 0 amide bonds. The fraction of sp³-hybridized carbons (Fsp3) is 0.480. The molecule has 0 bridgehead atoms. The molecule has 33 heavy (non-hydrogen) atoms. The summed E-state index contributed by atoms with van der Waals surface area (Å²) in [4.78, 5) is 39.0. The first-order valence-electron chi connectivity index (χ1n) is 10.7. The van der Waals surface area contributed by atoms with Crippen LogP contribution in [0.5, 0.6) is 17.2 Å². The number of aliphatic hydroxyl groups is 2. The van der Waals surface area contributed by atoms with Crippen molar-refractivity contribution in [3.8, 4) is 17.2 Å². The number of rotatable bonds is 7. The van der Waals surface area contributed by atoms with Gasteiger partial charge in [0.15, 0.2) is 17.3 Å². The van der Waals surface area contributed by atoms with Gasteiger partial charge >= 0.3 is 0 Å². The SMILES string of the molecule is COc1c(C)c(O)c(CC2(C)C(=O)C(C(=O)C(C)C)=C(O)C(C)=C2O)c(O)c1C(=O)C(C)C. The Morgan fingerprint density at radius 1 is 0.939 bits per heavy atom. The molecule has 4 N–H and O–H groups in total. The van der Waals surface area contributed by atoms with Crippen molar-refractivity contribution in [1.82, 2.24) is 0 Å². The van der Waals surface area contributed by atoms with Crippen LogP contribution in [0.1, 0.15) is 63.0 Å². The quantitative estimate of drug-likeness (QED) is 0.349. The van der Waals surface area contributed by atoms with E-state index in [0.717, 1.165) is 0 Å². The largest absolute Gasteiger partial charge is 0.511 e. The van der Waals surface area contributed by atoms with E-state index in [-0.39, 0.29) is 28.0 Å². The summed E-state index contributed by atoms with van der Waals surface area (Å²) in [5.41, 5.74) is -2.39. The number of carbonyl (C=O) groups is 3. The Balaban J connectivity index is 2.80. The van der Waals surface area contributed by atoms with Gasteiger partial charge < -0.3 is 25.2 Å². The van der Waals surface area contributed by atoms with E-state index in [1.54, 1.807) is 27.7 Å². The number of benzene rings is 1. The van der Waals surface area contributed by atoms with E-state index in [0.29, 0.717) is 0 Å². The highest BCUT2D eigenvalue weighted by molar-refractivity contribution is 6.24. The van der Waals surface area contributed by atoms with Gasteiger partial charge in [0, 0.05) is 28.5 Å². The first-order valence-corrected chi connectivity index (χ1v) is 10.7. The van der Waals surface area contributed by atoms with E-state index in [9.17, 15) is 34.8 Å². The summed E-state index contributed by atoms with van der Waals surface area (Å²) in [6, 6.07) is 0. The van der Waals surface area contributed by atoms with Gasteiger partial charge in [0.05, 0.1) is 12.5 Å². The highest BCUT2D eigenvalue weighted by atomic mass is 16.5. The van der Waals surface area contributed by atoms with Crippen molar-refractivity contribution in [1.29, 1.82) is 0 Å². The van der Waals surface area contributed by atoms with E-state index in [2.05, 4.69) is 0 Å². The molecule has 0 spiro atoms. The molecule has 0 saturated heterocycles. The van der Waals surface area contributed by atoms with Crippen LogP contribution in [0.25, 0.3) is 0 Å². The number of phenols is 2. The maximum atomic E-state index is 13.4. The highest BCUT2D eigenvalue weighted by Crippen LogP contribution is 2.49. The molecule has 0 heterocycles. The number of Topliss-reactive ketones (excluding diaryl/α,β-unsaturated/α-hetero) is 3. The Morgan fingerprint density at radius 3 is 1.91 bits per heavy atom. The zero-order valence-corrected chi connectivity index (χ0v) is 20.3. The van der Waals surface area contributed by atoms with Crippen LogP contribution < -0.4 is 4.74 Å². The first kappa shape index (κ1) is 26.0. The summed E-state index contributed by atoms with van der Waals surface area (Å²) in [5.74, 6) is -5.00. The standard InChI is InChI=1S/C25H32O8/c1-10(2)17(26)15-21(30)14(19(28)12(5)22(15)33-8)9-25(7)23(31)13(6)20(29)16(24(25)32)18(27)11(3)4/h10-11,28-31H,9H2,1-8H3. The minimum absolute atomic E-state index is 0.0109. The van der Waals surface area contributed by atoms with Crippen molar-refractivity contribution in [3.05, 3.63) is 39.4 Å². The van der Waals surface area contributed by atoms with Crippen molar-refractivity contribution in [2.24, 2.45) is 17.3 Å². The van der Waals surface area contributed by atoms with Gasteiger partial charge in [0.1, 0.15) is 39.9 Å². The molecule has 1 atom stereocenters. The Kier molecular flexibility index (Phi) is 7.02. The molecular weight excluding hydrogens is 428 g/mol. The molecule has 8 nitrogen and oxygen atoms in total. The van der Waals surface area contributed by atoms with Crippen LogP contribution in [0.3, 0.4) is 0 Å². The molecule has 0 aromatic heterocycles. The van der Waals surface area contributed by atoms with E-state index in [4.69, 9.17) is 4.74 Å². The Hall–Kier alpha value is -3.29. The van der Waals surface area contributed by atoms with E-state index >= 15 is 0 Å². The molecule has 0 saturated carbocycles. The van der Waals surface area contributed by atoms with Crippen molar-refractivity contribution < 1.29 is 39.5 Å². The topological polar surface area (TPSA) is 141 Å². The lowest BCUT2D eigenvalue weighted by molar-refractivity contribution is -0.128. The first-order chi connectivity index (χ1) is 15.1. The van der Waals surface area contributed by atoms with Crippen molar-refractivity contribution in [3.63, 3.8) is 0 Å². The zero-order valence-electron chi connectivity index (χ0n) is 20.3. The summed E-state index contributed by atoms with van der Waals surface area (Å²) >= 11 is 0. The maximum absolute atomic E-state index is 13.4. The predicted octanol–water partition coefficient (Wildman–Crippen LogP) is 4.25. The lowest BCUT2D eigenvalue weighted by Crippen LogP contribution is -2.41. The van der Waals surface area contributed by atoms with Crippen LogP contribution in [0.15, 0.2) is 22.7 Å². The molecule has 0 fully saturated rings. The second-order valence-electron chi connectivity index (χ2n) is 9.28. The number of hydrogen-bond donors (Lipinski definition) is 4. The maximum Gasteiger partial charge on any atom is 0.183 e. The lowest BCUT2D eigenvalue weighted by atomic mass is 9.68. The minimum Gasteiger partial charge on any atom is -0.511 e. The summed E-state index contributed by atoms with van der Waals surface area (Å²) in [5, 5.41) is 43.2. The van der Waals surface area contributed by atoms with Gasteiger partial charge in [-0.25, -0.2) is 0 Å². The van der Waals surface area contributed by atoms with Crippen LogP contribution in [0.4, 0.5) is 0 Å². The Morgan fingerprint density at radius 2 is 1.45 bits per heavy atom. The van der Waals surface area contributed by atoms with Gasteiger partial charge in [-0.15, -0.1) is 0 Å². The van der Waals surface area contributed by atoms with E-state index < -0.39 is 69.6 Å². The normalized spacial score (nSPS) is 19.0. The number of aromatic hydroxyl groups is 2. The van der Waals surface area contributed by atoms with Gasteiger partial charge in [-0.05, 0) is 27.2 Å². The van der Waals surface area contributed by atoms with E-state index in [1.165, 1.54) is 27.9 Å². The summed E-state index contributed by atoms with van der Waals surface area (Å²) in [6.45, 7) is 10.7. The molecule has 2 rings (SSSR count). The summed E-state index contributed by atoms with van der Waals surface area (Å²) < 4.78 is 5.28. The van der Waals surface area contributed by atoms with Crippen LogP contribution >= 0.6 is 0 Å². The fourth-order valence-electron chi connectivity index (χ4n) is 4.07. The van der Waals surface area contributed by atoms with Crippen molar-refractivity contribution in [2.45, 2.75) is 54.9 Å². The molecule has 1 aliphatic carbocycles. The molecular formula is C25H32O8. The molecule has 1 aliphatic rings. The van der Waals surface area contributed by atoms with Crippen LogP contribution in [-0.4, -0.2) is 44.9 Å². The zero-order chi connectivity index (χ0) is 25.6. The molecule has 8 heteroatoms. The molecule has 1 unspecified atom stereocenters. The van der Waals surface area contributed by atoms with E-state index in [1.807, 2.05) is 0 Å². The summed E-state index contributed by atoms with van der Waals surface area (Å²) in [6.07, 6.45) is -0.433. The third-order valence-corrected chi connectivity index (χ3v) is 6.21. The van der Waals surface area contributed by atoms with Gasteiger partial charge in [-0.2, -0.15) is 0 Å². The fourth-order valence-corrected chi connectivity index (χ4v) is 4.07. The number of carbonyl (C=O) groups excluding carboxylic acids is 3. The predicted molar refractivity (Wildman–Crippen MR) is 122 cm³/mol. The van der Waals surface area contributed by atoms with Crippen LogP contribution in [0, 0.1) is 24.2 Å². The molecule has 1 aromatic carbocycles. The number of phenolic OH excluding ortho intramolecular Hbond substituents is 2. The average molecular weight is 461 g/mol. The number of ketones is 3. The third-order valence-electron chi connectivity index (χ3n) is 6.21. The molecule has 1 aromatic rings. The van der Waals surface area contributed by atoms with Crippen molar-refractivity contribution >= 4 is 17.3 Å². The monoisotopic (exact) mass is 460 g/mol. The van der Waals surface area contributed by atoms with Crippen LogP contribution in [0.2, 0.25) is 0 Å². The number of hydrogen-bond acceptors (Lipinski definition) is 8. The van der Waals surface area contributed by atoms with Gasteiger partial charge in [-0.3, -0.25) is 14.4 Å². The number of aliphatic hydroxyl groups excluding tert-OH is 2. The number of ether oxygens (including phenoxy) is 1. The number of allylic oxidation sites excluding steroid dienone is 3. The second-order valence-corrected chi connectivity index (χ2v) is 9.28. The minimum atomic E-state index is -1.79. The smallest absolute Gasteiger partial charge is 0.183 e. The van der Waals surface area contributed by atoms with Crippen LogP contribution in [-0.2, 0) is 16.0 Å².